The van der Waals surface area contributed by atoms with Crippen molar-refractivity contribution in [2.45, 2.75) is 29.7 Å². The molecule has 1 aromatic carbocycles. The molecule has 0 saturated heterocycles. The summed E-state index contributed by atoms with van der Waals surface area (Å²) >= 11 is 1.56. The molecular formula is C14H14N4O3S. The maximum absolute atomic E-state index is 10.8. The maximum atomic E-state index is 10.8. The van der Waals surface area contributed by atoms with E-state index < -0.39 is 4.92 Å². The van der Waals surface area contributed by atoms with Gasteiger partial charge in [-0.05, 0) is 31.2 Å². The predicted molar refractivity (Wildman–Crippen MR) is 82.4 cm³/mol. The molecule has 4 rings (SSSR count). The Bertz CT molecular complexity index is 787. The van der Waals surface area contributed by atoms with E-state index in [1.807, 2.05) is 0 Å². The number of rotatable bonds is 3. The molecule has 2 fully saturated rings. The number of nitrogens with zero attached hydrogens (tertiary/aromatic N) is 3. The van der Waals surface area contributed by atoms with Gasteiger partial charge < -0.3 is 10.2 Å². The summed E-state index contributed by atoms with van der Waals surface area (Å²) in [5.41, 5.74) is 2.28. The lowest BCUT2D eigenvalue weighted by molar-refractivity contribution is -0.384. The van der Waals surface area contributed by atoms with Crippen molar-refractivity contribution < 1.29 is 10.1 Å². The van der Waals surface area contributed by atoms with Crippen LogP contribution in [-0.4, -0.2) is 31.1 Å². The monoisotopic (exact) mass is 318 g/mol. The lowest BCUT2D eigenvalue weighted by atomic mass is 9.98. The molecule has 2 bridgehead atoms. The van der Waals surface area contributed by atoms with Crippen LogP contribution in [0.1, 0.15) is 19.3 Å². The van der Waals surface area contributed by atoms with Gasteiger partial charge in [0.25, 0.3) is 5.69 Å². The number of aromatic amines is 1. The minimum Gasteiger partial charge on any atom is -0.411 e. The summed E-state index contributed by atoms with van der Waals surface area (Å²) in [5, 5.41) is 24.4. The third-order valence-electron chi connectivity index (χ3n) is 4.62. The van der Waals surface area contributed by atoms with Crippen molar-refractivity contribution in [2.75, 3.05) is 0 Å². The lowest BCUT2D eigenvalue weighted by Crippen LogP contribution is -2.25. The van der Waals surface area contributed by atoms with E-state index in [0.717, 1.165) is 25.0 Å². The zero-order valence-electron chi connectivity index (χ0n) is 11.6. The van der Waals surface area contributed by atoms with Crippen molar-refractivity contribution in [3.05, 3.63) is 28.3 Å². The molecule has 2 aliphatic carbocycles. The fraction of sp³-hybridized carbons (Fsp3) is 0.429. The van der Waals surface area contributed by atoms with Gasteiger partial charge in [0, 0.05) is 18.1 Å². The molecule has 1 heterocycles. The normalized spacial score (nSPS) is 28.7. The number of imidazole rings is 1. The second-order valence-corrected chi connectivity index (χ2v) is 6.96. The van der Waals surface area contributed by atoms with Crippen molar-refractivity contribution in [1.29, 1.82) is 0 Å². The molecule has 22 heavy (non-hydrogen) atoms. The minimum atomic E-state index is -0.417. The molecule has 114 valence electrons. The average Bonchev–Trinajstić information content (AvgIpc) is 3.19. The summed E-state index contributed by atoms with van der Waals surface area (Å²) in [4.78, 5) is 18.0. The van der Waals surface area contributed by atoms with Gasteiger partial charge in [-0.3, -0.25) is 10.1 Å². The summed E-state index contributed by atoms with van der Waals surface area (Å²) in [6.45, 7) is 0. The molecular weight excluding hydrogens is 304 g/mol. The van der Waals surface area contributed by atoms with Gasteiger partial charge in [-0.2, -0.15) is 0 Å². The predicted octanol–water partition coefficient (Wildman–Crippen LogP) is 3.19. The van der Waals surface area contributed by atoms with Crippen LogP contribution in [0.15, 0.2) is 28.5 Å². The molecule has 0 radical (unpaired) electrons. The van der Waals surface area contributed by atoms with Crippen LogP contribution in [-0.2, 0) is 0 Å². The van der Waals surface area contributed by atoms with Crippen LogP contribution in [0.2, 0.25) is 0 Å². The number of hydrogen-bond donors (Lipinski definition) is 2. The highest BCUT2D eigenvalue weighted by Gasteiger charge is 2.46. The highest BCUT2D eigenvalue weighted by molar-refractivity contribution is 8.00. The molecule has 2 N–H and O–H groups in total. The van der Waals surface area contributed by atoms with E-state index in [2.05, 4.69) is 15.1 Å². The smallest absolute Gasteiger partial charge is 0.271 e. The molecule has 0 spiro atoms. The molecule has 0 amide bonds. The zero-order valence-corrected chi connectivity index (χ0v) is 12.4. The fourth-order valence-corrected chi connectivity index (χ4v) is 4.95. The number of nitro groups is 1. The number of H-pyrrole nitrogens is 1. The molecule has 8 heteroatoms. The highest BCUT2D eigenvalue weighted by Crippen LogP contribution is 2.49. The van der Waals surface area contributed by atoms with Gasteiger partial charge in [0.15, 0.2) is 5.16 Å². The summed E-state index contributed by atoms with van der Waals surface area (Å²) < 4.78 is 0. The molecule has 3 atom stereocenters. The van der Waals surface area contributed by atoms with Gasteiger partial charge in [0.1, 0.15) is 0 Å². The van der Waals surface area contributed by atoms with Gasteiger partial charge in [-0.15, -0.1) is 0 Å². The Morgan fingerprint density at radius 2 is 2.32 bits per heavy atom. The number of benzene rings is 1. The Hall–Kier alpha value is -2.09. The van der Waals surface area contributed by atoms with Crippen LogP contribution in [0.3, 0.4) is 0 Å². The second kappa shape index (κ2) is 4.98. The molecule has 0 aliphatic heterocycles. The summed E-state index contributed by atoms with van der Waals surface area (Å²) in [7, 11) is 0. The quantitative estimate of drug-likeness (QED) is 0.514. The zero-order chi connectivity index (χ0) is 15.3. The van der Waals surface area contributed by atoms with Crippen LogP contribution < -0.4 is 0 Å². The van der Waals surface area contributed by atoms with Crippen molar-refractivity contribution in [3.8, 4) is 0 Å². The van der Waals surface area contributed by atoms with Crippen molar-refractivity contribution in [3.63, 3.8) is 0 Å². The van der Waals surface area contributed by atoms with E-state index in [-0.39, 0.29) is 10.9 Å². The topological polar surface area (TPSA) is 104 Å². The molecule has 2 aliphatic rings. The number of fused-ring (bicyclic) bond motifs is 3. The minimum absolute atomic E-state index is 0.0465. The van der Waals surface area contributed by atoms with Crippen molar-refractivity contribution >= 4 is 34.2 Å². The largest absolute Gasteiger partial charge is 0.411 e. The third kappa shape index (κ3) is 2.06. The number of nitro benzene ring substituents is 1. The molecule has 0 unspecified atom stereocenters. The highest BCUT2D eigenvalue weighted by atomic mass is 32.2. The van der Waals surface area contributed by atoms with Gasteiger partial charge in [0.05, 0.1) is 26.9 Å². The van der Waals surface area contributed by atoms with E-state index in [1.54, 1.807) is 17.8 Å². The average molecular weight is 318 g/mol. The van der Waals surface area contributed by atoms with Crippen LogP contribution in [0.25, 0.3) is 11.0 Å². The number of oxime groups is 1. The first-order valence-corrected chi connectivity index (χ1v) is 8.06. The molecule has 1 aromatic heterocycles. The van der Waals surface area contributed by atoms with E-state index >= 15 is 0 Å². The molecule has 7 nitrogen and oxygen atoms in total. The first-order chi connectivity index (χ1) is 10.7. The first kappa shape index (κ1) is 13.6. The van der Waals surface area contributed by atoms with Crippen molar-refractivity contribution in [2.24, 2.45) is 17.0 Å². The number of non-ortho nitro benzene ring substituents is 1. The Morgan fingerprint density at radius 1 is 1.45 bits per heavy atom. The van der Waals surface area contributed by atoms with Gasteiger partial charge >= 0.3 is 0 Å². The van der Waals surface area contributed by atoms with Gasteiger partial charge in [-0.1, -0.05) is 16.9 Å². The summed E-state index contributed by atoms with van der Waals surface area (Å²) in [6, 6.07) is 4.60. The third-order valence-corrected chi connectivity index (χ3v) is 5.92. The lowest BCUT2D eigenvalue weighted by Gasteiger charge is -2.20. The second-order valence-electron chi connectivity index (χ2n) is 5.83. The van der Waals surface area contributed by atoms with E-state index in [9.17, 15) is 15.3 Å². The van der Waals surface area contributed by atoms with Crippen LogP contribution in [0.4, 0.5) is 5.69 Å². The summed E-state index contributed by atoms with van der Waals surface area (Å²) in [6.07, 6.45) is 3.35. The van der Waals surface area contributed by atoms with Gasteiger partial charge in [-0.25, -0.2) is 4.98 Å². The Morgan fingerprint density at radius 3 is 3.09 bits per heavy atom. The fourth-order valence-electron chi connectivity index (χ4n) is 3.59. The van der Waals surface area contributed by atoms with E-state index in [4.69, 9.17) is 0 Å². The molecule has 2 aromatic rings. The SMILES string of the molecule is O=[N+]([O-])c1ccc2nc(S[C@@H]3/C(=N/O)[C@H]4CC[C@@H]3C4)[nH]c2c1. The van der Waals surface area contributed by atoms with Crippen LogP contribution in [0, 0.1) is 22.0 Å². The van der Waals surface area contributed by atoms with E-state index in [1.165, 1.54) is 12.1 Å². The van der Waals surface area contributed by atoms with Crippen LogP contribution >= 0.6 is 11.8 Å². The number of hydrogen-bond acceptors (Lipinski definition) is 6. The first-order valence-electron chi connectivity index (χ1n) is 7.18. The van der Waals surface area contributed by atoms with E-state index in [0.29, 0.717) is 28.0 Å². The van der Waals surface area contributed by atoms with Gasteiger partial charge in [0.2, 0.25) is 0 Å². The number of nitrogens with one attached hydrogen (secondary N) is 1. The van der Waals surface area contributed by atoms with Crippen molar-refractivity contribution in [1.82, 2.24) is 9.97 Å². The standard InChI is InChI=1S/C14H14N4O3S/c19-17-12-7-1-2-8(5-7)13(12)22-14-15-10-4-3-9(18(20)21)6-11(10)16-14/h3-4,6-8,13,19H,1-2,5H2,(H,15,16)/b17-12+/t7-,8+,13-/m0/s1. The Labute approximate surface area is 130 Å². The van der Waals surface area contributed by atoms with Crippen LogP contribution in [0.5, 0.6) is 0 Å². The number of thioether (sulfide) groups is 1. The Balaban J connectivity index is 1.63. The molecule has 2 saturated carbocycles. The number of aromatic nitrogens is 2. The Kier molecular flexibility index (Phi) is 3.07. The maximum Gasteiger partial charge on any atom is 0.271 e. The summed E-state index contributed by atoms with van der Waals surface area (Å²) in [5.74, 6) is 0.932.